The van der Waals surface area contributed by atoms with Crippen LogP contribution in [0.2, 0.25) is 0 Å². The van der Waals surface area contributed by atoms with Crippen molar-refractivity contribution in [1.29, 1.82) is 0 Å². The highest BCUT2D eigenvalue weighted by atomic mass is 16.4. The Kier molecular flexibility index (Phi) is 3.75. The summed E-state index contributed by atoms with van der Waals surface area (Å²) in [6, 6.07) is 9.78. The van der Waals surface area contributed by atoms with Crippen molar-refractivity contribution in [2.75, 3.05) is 18.5 Å². The molecule has 2 aromatic rings. The summed E-state index contributed by atoms with van der Waals surface area (Å²) in [6.45, 7) is 1.93. The number of aromatic nitrogens is 2. The summed E-state index contributed by atoms with van der Waals surface area (Å²) in [6.07, 6.45) is 1.45. The fourth-order valence-electron chi connectivity index (χ4n) is 1.72. The number of hydrogen-bond acceptors (Lipinski definition) is 4. The lowest BCUT2D eigenvalue weighted by molar-refractivity contribution is -0.135. The van der Waals surface area contributed by atoms with Gasteiger partial charge >= 0.3 is 5.97 Å². The molecule has 0 radical (unpaired) electrons. The van der Waals surface area contributed by atoms with E-state index in [1.165, 1.54) is 11.9 Å². The van der Waals surface area contributed by atoms with Crippen molar-refractivity contribution < 1.29 is 9.90 Å². The van der Waals surface area contributed by atoms with Crippen LogP contribution < -0.4 is 4.90 Å². The maximum atomic E-state index is 10.7. The zero-order valence-electron chi connectivity index (χ0n) is 10.9. The van der Waals surface area contributed by atoms with E-state index in [0.29, 0.717) is 5.82 Å². The molecule has 1 aromatic heterocycles. The lowest BCUT2D eigenvalue weighted by Crippen LogP contribution is -2.25. The summed E-state index contributed by atoms with van der Waals surface area (Å²) < 4.78 is 0. The highest BCUT2D eigenvalue weighted by molar-refractivity contribution is 5.73. The molecule has 0 bridgehead atoms. The second-order valence-corrected chi connectivity index (χ2v) is 4.38. The molecule has 0 saturated heterocycles. The molecule has 98 valence electrons. The van der Waals surface area contributed by atoms with E-state index in [-0.39, 0.29) is 6.54 Å². The van der Waals surface area contributed by atoms with Gasteiger partial charge in [0.25, 0.3) is 0 Å². The van der Waals surface area contributed by atoms with E-state index in [2.05, 4.69) is 9.97 Å². The molecule has 0 fully saturated rings. The van der Waals surface area contributed by atoms with Crippen LogP contribution in [0.25, 0.3) is 11.3 Å². The normalized spacial score (nSPS) is 10.2. The van der Waals surface area contributed by atoms with E-state index in [1.54, 1.807) is 18.0 Å². The number of carboxylic acid groups (broad SMARTS) is 1. The second kappa shape index (κ2) is 5.48. The standard InChI is InChI=1S/C14H15N3O2/c1-10-3-5-11(6-4-10)12-7-13(16-9-15-12)17(2)8-14(18)19/h3-7,9H,8H2,1-2H3,(H,18,19). The molecule has 0 aliphatic heterocycles. The van der Waals surface area contributed by atoms with Crippen LogP contribution in [0.4, 0.5) is 5.82 Å². The molecular weight excluding hydrogens is 242 g/mol. The fraction of sp³-hybridized carbons (Fsp3) is 0.214. The van der Waals surface area contributed by atoms with Gasteiger partial charge in [-0.3, -0.25) is 4.79 Å². The molecule has 1 heterocycles. The Morgan fingerprint density at radius 2 is 1.95 bits per heavy atom. The highest BCUT2D eigenvalue weighted by Crippen LogP contribution is 2.20. The molecule has 0 atom stereocenters. The minimum absolute atomic E-state index is 0.0929. The van der Waals surface area contributed by atoms with Crippen LogP contribution in [0.15, 0.2) is 36.7 Å². The van der Waals surface area contributed by atoms with Gasteiger partial charge in [-0.05, 0) is 6.92 Å². The van der Waals surface area contributed by atoms with Crippen LogP contribution in [0, 0.1) is 6.92 Å². The minimum atomic E-state index is -0.891. The molecule has 5 heteroatoms. The third-order valence-electron chi connectivity index (χ3n) is 2.76. The molecule has 0 amide bonds. The first-order chi connectivity index (χ1) is 9.06. The second-order valence-electron chi connectivity index (χ2n) is 4.38. The highest BCUT2D eigenvalue weighted by Gasteiger charge is 2.08. The topological polar surface area (TPSA) is 66.3 Å². The number of aryl methyl sites for hydroxylation is 1. The van der Waals surface area contributed by atoms with Crippen LogP contribution in [-0.4, -0.2) is 34.6 Å². The van der Waals surface area contributed by atoms with Crippen molar-refractivity contribution in [2.24, 2.45) is 0 Å². The molecule has 1 N–H and O–H groups in total. The van der Waals surface area contributed by atoms with E-state index in [4.69, 9.17) is 5.11 Å². The Labute approximate surface area is 111 Å². The van der Waals surface area contributed by atoms with E-state index in [0.717, 1.165) is 11.3 Å². The van der Waals surface area contributed by atoms with Gasteiger partial charge in [-0.2, -0.15) is 0 Å². The minimum Gasteiger partial charge on any atom is -0.480 e. The van der Waals surface area contributed by atoms with E-state index < -0.39 is 5.97 Å². The number of hydrogen-bond donors (Lipinski definition) is 1. The molecule has 0 spiro atoms. The molecule has 0 aliphatic carbocycles. The fourth-order valence-corrected chi connectivity index (χ4v) is 1.72. The first-order valence-corrected chi connectivity index (χ1v) is 5.88. The van der Waals surface area contributed by atoms with Crippen LogP contribution >= 0.6 is 0 Å². The largest absolute Gasteiger partial charge is 0.480 e. The van der Waals surface area contributed by atoms with Crippen molar-refractivity contribution in [1.82, 2.24) is 9.97 Å². The summed E-state index contributed by atoms with van der Waals surface area (Å²) in [5.41, 5.74) is 2.95. The van der Waals surface area contributed by atoms with Gasteiger partial charge in [-0.15, -0.1) is 0 Å². The molecule has 0 unspecified atom stereocenters. The molecule has 1 aromatic carbocycles. The summed E-state index contributed by atoms with van der Waals surface area (Å²) in [5, 5.41) is 8.78. The van der Waals surface area contributed by atoms with Gasteiger partial charge in [-0.1, -0.05) is 29.8 Å². The molecule has 19 heavy (non-hydrogen) atoms. The Morgan fingerprint density at radius 1 is 1.26 bits per heavy atom. The van der Waals surface area contributed by atoms with Crippen molar-refractivity contribution in [3.8, 4) is 11.3 Å². The van der Waals surface area contributed by atoms with Crippen molar-refractivity contribution in [3.63, 3.8) is 0 Å². The van der Waals surface area contributed by atoms with Crippen LogP contribution in [0.3, 0.4) is 0 Å². The molecule has 2 rings (SSSR count). The number of carbonyl (C=O) groups is 1. The Morgan fingerprint density at radius 3 is 2.58 bits per heavy atom. The number of anilines is 1. The monoisotopic (exact) mass is 257 g/mol. The van der Waals surface area contributed by atoms with Gasteiger partial charge in [0.05, 0.1) is 5.69 Å². The third kappa shape index (κ3) is 3.28. The molecule has 5 nitrogen and oxygen atoms in total. The SMILES string of the molecule is Cc1ccc(-c2cc(N(C)CC(=O)O)ncn2)cc1. The maximum absolute atomic E-state index is 10.7. The van der Waals surface area contributed by atoms with Gasteiger partial charge in [-0.25, -0.2) is 9.97 Å². The number of aliphatic carboxylic acids is 1. The third-order valence-corrected chi connectivity index (χ3v) is 2.76. The lowest BCUT2D eigenvalue weighted by atomic mass is 10.1. The quantitative estimate of drug-likeness (QED) is 0.907. The smallest absolute Gasteiger partial charge is 0.323 e. The Balaban J connectivity index is 2.28. The average Bonchev–Trinajstić information content (AvgIpc) is 2.39. The first-order valence-electron chi connectivity index (χ1n) is 5.88. The van der Waals surface area contributed by atoms with E-state index in [9.17, 15) is 4.79 Å². The van der Waals surface area contributed by atoms with Gasteiger partial charge in [0.2, 0.25) is 0 Å². The van der Waals surface area contributed by atoms with Crippen LogP contribution in [-0.2, 0) is 4.79 Å². The number of rotatable bonds is 4. The predicted molar refractivity (Wildman–Crippen MR) is 73.1 cm³/mol. The summed E-state index contributed by atoms with van der Waals surface area (Å²) in [7, 11) is 1.69. The van der Waals surface area contributed by atoms with Crippen LogP contribution in [0.1, 0.15) is 5.56 Å². The molecule has 0 aliphatic rings. The number of benzene rings is 1. The summed E-state index contributed by atoms with van der Waals surface area (Å²) in [5.74, 6) is -0.300. The molecule has 0 saturated carbocycles. The van der Waals surface area contributed by atoms with Crippen LogP contribution in [0.5, 0.6) is 0 Å². The number of likely N-dealkylation sites (N-methyl/N-ethyl adjacent to an activating group) is 1. The summed E-state index contributed by atoms with van der Waals surface area (Å²) in [4.78, 5) is 20.6. The Bertz CT molecular complexity index is 581. The Hall–Kier alpha value is -2.43. The average molecular weight is 257 g/mol. The van der Waals surface area contributed by atoms with Crippen molar-refractivity contribution >= 4 is 11.8 Å². The zero-order chi connectivity index (χ0) is 13.8. The van der Waals surface area contributed by atoms with Gasteiger partial charge < -0.3 is 10.0 Å². The van der Waals surface area contributed by atoms with E-state index in [1.807, 2.05) is 31.2 Å². The first kappa shape index (κ1) is 13.0. The zero-order valence-corrected chi connectivity index (χ0v) is 10.9. The van der Waals surface area contributed by atoms with E-state index >= 15 is 0 Å². The van der Waals surface area contributed by atoms with Gasteiger partial charge in [0.1, 0.15) is 18.7 Å². The molecular formula is C14H15N3O2. The number of carboxylic acids is 1. The maximum Gasteiger partial charge on any atom is 0.323 e. The predicted octanol–water partition coefficient (Wildman–Crippen LogP) is 1.97. The van der Waals surface area contributed by atoms with Gasteiger partial charge in [0, 0.05) is 18.7 Å². The van der Waals surface area contributed by atoms with Gasteiger partial charge in [0.15, 0.2) is 0 Å². The van der Waals surface area contributed by atoms with Crippen molar-refractivity contribution in [3.05, 3.63) is 42.2 Å². The number of nitrogens with zero attached hydrogens (tertiary/aromatic N) is 3. The lowest BCUT2D eigenvalue weighted by Gasteiger charge is -2.15. The summed E-state index contributed by atoms with van der Waals surface area (Å²) >= 11 is 0. The van der Waals surface area contributed by atoms with Crippen molar-refractivity contribution in [2.45, 2.75) is 6.92 Å².